The van der Waals surface area contributed by atoms with Gasteiger partial charge in [0.1, 0.15) is 15.2 Å². The van der Waals surface area contributed by atoms with E-state index in [2.05, 4.69) is 4.72 Å². The highest BCUT2D eigenvalue weighted by molar-refractivity contribution is 7.93. The Labute approximate surface area is 160 Å². The van der Waals surface area contributed by atoms with Crippen LogP contribution < -0.4 is 4.72 Å². The third-order valence-electron chi connectivity index (χ3n) is 3.59. The van der Waals surface area contributed by atoms with Crippen LogP contribution in [0.1, 0.15) is 11.0 Å². The molecule has 0 aliphatic carbocycles. The van der Waals surface area contributed by atoms with E-state index in [4.69, 9.17) is 16.0 Å². The molecule has 1 atom stereocenters. The van der Waals surface area contributed by atoms with Gasteiger partial charge in [0.05, 0.1) is 11.2 Å². The van der Waals surface area contributed by atoms with Gasteiger partial charge in [-0.1, -0.05) is 17.7 Å². The zero-order valence-electron chi connectivity index (χ0n) is 13.2. The first-order chi connectivity index (χ1) is 12.3. The number of hydrogen-bond acceptors (Lipinski definition) is 6. The van der Waals surface area contributed by atoms with Crippen LogP contribution in [0.25, 0.3) is 0 Å². The quantitative estimate of drug-likeness (QED) is 0.618. The van der Waals surface area contributed by atoms with Gasteiger partial charge in [0.15, 0.2) is 9.84 Å². The van der Waals surface area contributed by atoms with E-state index in [-0.39, 0.29) is 21.4 Å². The van der Waals surface area contributed by atoms with E-state index in [0.29, 0.717) is 5.02 Å². The van der Waals surface area contributed by atoms with Gasteiger partial charge in [-0.05, 0) is 47.8 Å². The summed E-state index contributed by atoms with van der Waals surface area (Å²) in [6, 6.07) is 11.7. The van der Waals surface area contributed by atoms with Crippen molar-refractivity contribution >= 4 is 42.8 Å². The Morgan fingerprint density at radius 1 is 1.04 bits per heavy atom. The van der Waals surface area contributed by atoms with Crippen LogP contribution >= 0.6 is 22.9 Å². The molecule has 0 amide bonds. The predicted octanol–water partition coefficient (Wildman–Crippen LogP) is 3.49. The third-order valence-corrected chi connectivity index (χ3v) is 8.78. The van der Waals surface area contributed by atoms with E-state index in [1.807, 2.05) is 0 Å². The van der Waals surface area contributed by atoms with Crippen molar-refractivity contribution in [2.75, 3.05) is 6.54 Å². The molecule has 0 saturated heterocycles. The van der Waals surface area contributed by atoms with E-state index >= 15 is 0 Å². The number of furan rings is 1. The van der Waals surface area contributed by atoms with E-state index in [1.165, 1.54) is 42.7 Å². The Bertz CT molecular complexity index is 1060. The first-order valence-corrected chi connectivity index (χ1v) is 11.7. The summed E-state index contributed by atoms with van der Waals surface area (Å²) < 4.78 is 58.4. The Kier molecular flexibility index (Phi) is 5.54. The molecular formula is C16H14ClNO5S3. The fourth-order valence-electron chi connectivity index (χ4n) is 2.29. The van der Waals surface area contributed by atoms with Gasteiger partial charge in [0.2, 0.25) is 10.0 Å². The van der Waals surface area contributed by atoms with Gasteiger partial charge in [0.25, 0.3) is 0 Å². The molecular weight excluding hydrogens is 418 g/mol. The van der Waals surface area contributed by atoms with Gasteiger partial charge in [-0.25, -0.2) is 21.6 Å². The molecule has 3 rings (SSSR count). The summed E-state index contributed by atoms with van der Waals surface area (Å²) in [4.78, 5) is -0.00591. The average Bonchev–Trinajstić information content (AvgIpc) is 3.29. The molecule has 0 radical (unpaired) electrons. The molecule has 1 aromatic carbocycles. The van der Waals surface area contributed by atoms with Crippen LogP contribution in [0.2, 0.25) is 5.02 Å². The molecule has 2 heterocycles. The van der Waals surface area contributed by atoms with E-state index in [9.17, 15) is 16.8 Å². The van der Waals surface area contributed by atoms with Gasteiger partial charge in [-0.15, -0.1) is 11.3 Å². The summed E-state index contributed by atoms with van der Waals surface area (Å²) in [6.45, 7) is -0.362. The van der Waals surface area contributed by atoms with Gasteiger partial charge < -0.3 is 4.42 Å². The van der Waals surface area contributed by atoms with Crippen molar-refractivity contribution in [1.29, 1.82) is 0 Å². The molecule has 0 saturated carbocycles. The maximum atomic E-state index is 12.9. The van der Waals surface area contributed by atoms with E-state index in [1.54, 1.807) is 17.5 Å². The number of halogens is 1. The van der Waals surface area contributed by atoms with Crippen molar-refractivity contribution in [3.05, 3.63) is 71.0 Å². The van der Waals surface area contributed by atoms with Crippen LogP contribution in [-0.4, -0.2) is 23.4 Å². The molecule has 2 aromatic heterocycles. The number of sulfone groups is 1. The Hall–Kier alpha value is -1.65. The average molecular weight is 432 g/mol. The van der Waals surface area contributed by atoms with Gasteiger partial charge in [0, 0.05) is 11.6 Å². The minimum Gasteiger partial charge on any atom is -0.468 e. The second kappa shape index (κ2) is 7.53. The third kappa shape index (κ3) is 4.02. The van der Waals surface area contributed by atoms with Gasteiger partial charge in [-0.3, -0.25) is 0 Å². The normalized spacial score (nSPS) is 13.6. The minimum atomic E-state index is -3.90. The van der Waals surface area contributed by atoms with Crippen LogP contribution in [0.5, 0.6) is 0 Å². The molecule has 0 aliphatic heterocycles. The van der Waals surface area contributed by atoms with E-state index in [0.717, 1.165) is 11.3 Å². The summed E-state index contributed by atoms with van der Waals surface area (Å²) >= 11 is 6.83. The second-order valence-electron chi connectivity index (χ2n) is 5.29. The molecule has 138 valence electrons. The monoisotopic (exact) mass is 431 g/mol. The molecule has 0 aliphatic rings. The maximum Gasteiger partial charge on any atom is 0.240 e. The maximum absolute atomic E-state index is 12.9. The number of hydrogen-bond donors (Lipinski definition) is 1. The summed E-state index contributed by atoms with van der Waals surface area (Å²) in [5.74, 6) is 0.164. The van der Waals surface area contributed by atoms with Crippen LogP contribution in [0.4, 0.5) is 0 Å². The van der Waals surface area contributed by atoms with Crippen LogP contribution in [-0.2, 0) is 19.9 Å². The zero-order valence-corrected chi connectivity index (χ0v) is 16.4. The highest BCUT2D eigenvalue weighted by Gasteiger charge is 2.33. The van der Waals surface area contributed by atoms with Crippen LogP contribution in [0.15, 0.2) is 73.7 Å². The molecule has 0 spiro atoms. The highest BCUT2D eigenvalue weighted by Crippen LogP contribution is 2.31. The van der Waals surface area contributed by atoms with Crippen molar-refractivity contribution in [3.63, 3.8) is 0 Å². The summed E-state index contributed by atoms with van der Waals surface area (Å²) in [7, 11) is -7.72. The molecule has 0 unspecified atom stereocenters. The first kappa shape index (κ1) is 19.1. The smallest absolute Gasteiger partial charge is 0.240 e. The Morgan fingerprint density at radius 2 is 1.77 bits per heavy atom. The molecule has 0 bridgehead atoms. The highest BCUT2D eigenvalue weighted by atomic mass is 35.5. The predicted molar refractivity (Wildman–Crippen MR) is 99.6 cm³/mol. The van der Waals surface area contributed by atoms with Crippen molar-refractivity contribution < 1.29 is 21.3 Å². The van der Waals surface area contributed by atoms with E-state index < -0.39 is 25.1 Å². The fraction of sp³-hybridized carbons (Fsp3) is 0.125. The van der Waals surface area contributed by atoms with Crippen molar-refractivity contribution in [2.45, 2.75) is 14.4 Å². The largest absolute Gasteiger partial charge is 0.468 e. The lowest BCUT2D eigenvalue weighted by Crippen LogP contribution is -2.31. The Balaban J connectivity index is 1.89. The number of sulfonamides is 1. The lowest BCUT2D eigenvalue weighted by Gasteiger charge is -2.16. The lowest BCUT2D eigenvalue weighted by molar-refractivity contribution is 0.487. The van der Waals surface area contributed by atoms with Crippen LogP contribution in [0, 0.1) is 0 Å². The minimum absolute atomic E-state index is 0.00591. The number of thiophene rings is 1. The molecule has 0 fully saturated rings. The van der Waals surface area contributed by atoms with Gasteiger partial charge in [-0.2, -0.15) is 0 Å². The fourth-order valence-corrected chi connectivity index (χ4v) is 6.36. The summed E-state index contributed by atoms with van der Waals surface area (Å²) in [6.07, 6.45) is 1.35. The lowest BCUT2D eigenvalue weighted by atomic mass is 10.3. The molecule has 3 aromatic rings. The first-order valence-electron chi connectivity index (χ1n) is 7.37. The molecule has 10 heteroatoms. The molecule has 6 nitrogen and oxygen atoms in total. The number of nitrogens with one attached hydrogen (secondary N) is 1. The topological polar surface area (TPSA) is 93.4 Å². The summed E-state index contributed by atoms with van der Waals surface area (Å²) in [5.41, 5.74) is 0. The van der Waals surface area contributed by atoms with Crippen molar-refractivity contribution in [1.82, 2.24) is 4.72 Å². The summed E-state index contributed by atoms with van der Waals surface area (Å²) in [5, 5.41) is 0.861. The van der Waals surface area contributed by atoms with Crippen LogP contribution in [0.3, 0.4) is 0 Å². The van der Waals surface area contributed by atoms with Gasteiger partial charge >= 0.3 is 0 Å². The second-order valence-corrected chi connectivity index (χ2v) is 10.8. The zero-order chi connectivity index (χ0) is 18.8. The number of rotatable bonds is 7. The number of benzene rings is 1. The van der Waals surface area contributed by atoms with Crippen molar-refractivity contribution in [3.8, 4) is 0 Å². The van der Waals surface area contributed by atoms with Crippen molar-refractivity contribution in [2.24, 2.45) is 0 Å². The Morgan fingerprint density at radius 3 is 2.35 bits per heavy atom. The standard InChI is InChI=1S/C16H14ClNO5S3/c17-12-5-7-13(8-6-12)26(21,22)18-11-15(14-3-1-9-23-14)25(19,20)16-4-2-10-24-16/h1-10,15,18H,11H2/t15-/m0/s1. The molecule has 1 N–H and O–H groups in total. The molecule has 26 heavy (non-hydrogen) atoms. The SMILES string of the molecule is O=S(=O)(NC[C@@H](c1ccco1)S(=O)(=O)c1cccs1)c1ccc(Cl)cc1.